The van der Waals surface area contributed by atoms with Gasteiger partial charge in [0.15, 0.2) is 0 Å². The van der Waals surface area contributed by atoms with Crippen LogP contribution in [0.15, 0.2) is 57.5 Å². The van der Waals surface area contributed by atoms with Crippen molar-refractivity contribution in [2.24, 2.45) is 0 Å². The highest BCUT2D eigenvalue weighted by atomic mass is 79.9. The van der Waals surface area contributed by atoms with Crippen LogP contribution in [-0.4, -0.2) is 30.0 Å². The molecule has 0 amide bonds. The molecule has 22 heavy (non-hydrogen) atoms. The number of aliphatic hydroxyl groups is 2. The fourth-order valence-electron chi connectivity index (χ4n) is 2.12. The van der Waals surface area contributed by atoms with Crippen molar-refractivity contribution < 1.29 is 20.0 Å². The molecular weight excluding hydrogens is 416 g/mol. The quantitative estimate of drug-likeness (QED) is 0.400. The Balaban J connectivity index is 2.41. The van der Waals surface area contributed by atoms with E-state index in [0.717, 1.165) is 8.95 Å². The first kappa shape index (κ1) is 17.6. The monoisotopic (exact) mass is 430 g/mol. The van der Waals surface area contributed by atoms with Crippen molar-refractivity contribution in [3.05, 3.63) is 68.6 Å². The molecule has 0 atom stereocenters. The van der Waals surface area contributed by atoms with Gasteiger partial charge < -0.3 is 10.2 Å². The first-order valence-electron chi connectivity index (χ1n) is 6.67. The lowest BCUT2D eigenvalue weighted by Crippen LogP contribution is -2.34. The van der Waals surface area contributed by atoms with Crippen LogP contribution in [0.25, 0.3) is 0 Å². The zero-order valence-corrected chi connectivity index (χ0v) is 14.9. The van der Waals surface area contributed by atoms with E-state index in [1.807, 2.05) is 48.5 Å². The van der Waals surface area contributed by atoms with Gasteiger partial charge in [0.05, 0.1) is 6.61 Å². The molecule has 0 aliphatic carbocycles. The van der Waals surface area contributed by atoms with E-state index in [0.29, 0.717) is 11.1 Å². The Bertz CT molecular complexity index is 573. The molecule has 0 fully saturated rings. The van der Waals surface area contributed by atoms with Crippen LogP contribution in [0.3, 0.4) is 0 Å². The number of aliphatic hydroxyl groups excluding tert-OH is 1. The molecule has 0 bridgehead atoms. The zero-order valence-electron chi connectivity index (χ0n) is 11.7. The van der Waals surface area contributed by atoms with Gasteiger partial charge in [-0.15, -0.1) is 0 Å². The van der Waals surface area contributed by atoms with Crippen LogP contribution in [0, 0.1) is 0 Å². The highest BCUT2D eigenvalue weighted by molar-refractivity contribution is 9.10. The summed E-state index contributed by atoms with van der Waals surface area (Å²) >= 11 is 6.93. The van der Waals surface area contributed by atoms with Gasteiger partial charge in [0.2, 0.25) is 0 Å². The van der Waals surface area contributed by atoms with Crippen molar-refractivity contribution in [2.45, 2.75) is 5.60 Å². The Morgan fingerprint density at radius 3 is 1.82 bits per heavy atom. The van der Waals surface area contributed by atoms with Crippen LogP contribution >= 0.6 is 31.9 Å². The summed E-state index contributed by atoms with van der Waals surface area (Å²) in [6.07, 6.45) is 0. The molecule has 0 saturated heterocycles. The number of halogens is 2. The lowest BCUT2D eigenvalue weighted by Gasteiger charge is -2.30. The van der Waals surface area contributed by atoms with E-state index in [1.165, 1.54) is 0 Å². The lowest BCUT2D eigenvalue weighted by molar-refractivity contribution is -0.317. The second kappa shape index (κ2) is 8.19. The number of hydrogen-bond donors (Lipinski definition) is 2. The summed E-state index contributed by atoms with van der Waals surface area (Å²) in [6.45, 7) is -0.220. The minimum atomic E-state index is -1.41. The molecule has 4 nitrogen and oxygen atoms in total. The van der Waals surface area contributed by atoms with Gasteiger partial charge in [0, 0.05) is 20.1 Å². The van der Waals surface area contributed by atoms with Gasteiger partial charge in [-0.2, -0.15) is 0 Å². The molecule has 2 N–H and O–H groups in total. The molecule has 0 aliphatic heterocycles. The van der Waals surface area contributed by atoms with Crippen LogP contribution in [0.5, 0.6) is 0 Å². The Morgan fingerprint density at radius 2 is 1.36 bits per heavy atom. The normalized spacial score (nSPS) is 11.6. The van der Waals surface area contributed by atoms with Gasteiger partial charge in [-0.05, 0) is 12.1 Å². The first-order chi connectivity index (χ1) is 10.6. The van der Waals surface area contributed by atoms with E-state index in [-0.39, 0.29) is 19.8 Å². The second-order valence-corrected chi connectivity index (χ2v) is 6.34. The fourth-order valence-corrected chi connectivity index (χ4v) is 3.34. The Hall–Kier alpha value is -0.760. The van der Waals surface area contributed by atoms with Crippen LogP contribution in [0.4, 0.5) is 0 Å². The summed E-state index contributed by atoms with van der Waals surface area (Å²) in [5, 5.41) is 20.0. The molecule has 0 aliphatic rings. The molecule has 0 saturated carbocycles. The van der Waals surface area contributed by atoms with Crippen LogP contribution < -0.4 is 0 Å². The minimum Gasteiger partial charge on any atom is -0.394 e. The van der Waals surface area contributed by atoms with Gasteiger partial charge in [-0.1, -0.05) is 68.3 Å². The molecular formula is C16H16Br2O4. The summed E-state index contributed by atoms with van der Waals surface area (Å²) < 4.78 is 1.53. The van der Waals surface area contributed by atoms with Gasteiger partial charge >= 0.3 is 0 Å². The van der Waals surface area contributed by atoms with Gasteiger partial charge in [-0.25, -0.2) is 9.78 Å². The minimum absolute atomic E-state index is 0.0436. The van der Waals surface area contributed by atoms with E-state index >= 15 is 0 Å². The van der Waals surface area contributed by atoms with E-state index < -0.39 is 5.60 Å². The molecule has 0 aromatic heterocycles. The predicted molar refractivity (Wildman–Crippen MR) is 90.3 cm³/mol. The van der Waals surface area contributed by atoms with Crippen molar-refractivity contribution in [3.63, 3.8) is 0 Å². The summed E-state index contributed by atoms with van der Waals surface area (Å²) in [6, 6.07) is 14.8. The molecule has 0 heterocycles. The maximum Gasteiger partial charge on any atom is 0.143 e. The largest absolute Gasteiger partial charge is 0.394 e. The second-order valence-electron chi connectivity index (χ2n) is 4.63. The molecule has 6 heteroatoms. The molecule has 0 unspecified atom stereocenters. The van der Waals surface area contributed by atoms with Crippen LogP contribution in [0.1, 0.15) is 11.1 Å². The van der Waals surface area contributed by atoms with Crippen molar-refractivity contribution in [2.75, 3.05) is 19.8 Å². The van der Waals surface area contributed by atoms with E-state index in [9.17, 15) is 5.11 Å². The van der Waals surface area contributed by atoms with Crippen molar-refractivity contribution >= 4 is 31.9 Å². The van der Waals surface area contributed by atoms with Crippen LogP contribution in [0.2, 0.25) is 0 Å². The molecule has 0 spiro atoms. The lowest BCUT2D eigenvalue weighted by atomic mass is 9.87. The molecule has 0 radical (unpaired) electrons. The third-order valence-electron chi connectivity index (χ3n) is 3.16. The maximum atomic E-state index is 11.3. The standard InChI is InChI=1S/C16H16Br2O4/c17-14-7-3-1-5-12(14)16(20,11-22-21-10-9-19)13-6-2-4-8-15(13)18/h1-8,19-20H,9-11H2. The zero-order chi connectivity index (χ0) is 16.0. The number of hydrogen-bond acceptors (Lipinski definition) is 4. The Morgan fingerprint density at radius 1 is 0.864 bits per heavy atom. The summed E-state index contributed by atoms with van der Waals surface area (Å²) in [4.78, 5) is 9.97. The maximum absolute atomic E-state index is 11.3. The molecule has 2 aromatic rings. The molecule has 118 valence electrons. The molecule has 2 aromatic carbocycles. The summed E-state index contributed by atoms with van der Waals surface area (Å²) in [7, 11) is 0. The fraction of sp³-hybridized carbons (Fsp3) is 0.250. The third kappa shape index (κ3) is 3.95. The predicted octanol–water partition coefficient (Wildman–Crippen LogP) is 3.39. The average molecular weight is 432 g/mol. The average Bonchev–Trinajstić information content (AvgIpc) is 2.52. The van der Waals surface area contributed by atoms with Crippen molar-refractivity contribution in [1.82, 2.24) is 0 Å². The van der Waals surface area contributed by atoms with Gasteiger partial charge in [-0.3, -0.25) is 0 Å². The van der Waals surface area contributed by atoms with Crippen molar-refractivity contribution in [3.8, 4) is 0 Å². The Labute approximate surface area is 145 Å². The van der Waals surface area contributed by atoms with E-state index in [2.05, 4.69) is 31.9 Å². The van der Waals surface area contributed by atoms with Crippen LogP contribution in [-0.2, 0) is 15.4 Å². The highest BCUT2D eigenvalue weighted by Crippen LogP contribution is 2.38. The highest BCUT2D eigenvalue weighted by Gasteiger charge is 2.36. The Kier molecular flexibility index (Phi) is 6.55. The SMILES string of the molecule is OCCOOCC(O)(c1ccccc1Br)c1ccccc1Br. The smallest absolute Gasteiger partial charge is 0.143 e. The molecule has 2 rings (SSSR count). The van der Waals surface area contributed by atoms with Gasteiger partial charge in [0.1, 0.15) is 18.8 Å². The van der Waals surface area contributed by atoms with Crippen molar-refractivity contribution in [1.29, 1.82) is 0 Å². The summed E-state index contributed by atoms with van der Waals surface area (Å²) in [5.41, 5.74) is -0.0840. The summed E-state index contributed by atoms with van der Waals surface area (Å²) in [5.74, 6) is 0. The first-order valence-corrected chi connectivity index (χ1v) is 8.26. The van der Waals surface area contributed by atoms with E-state index in [4.69, 9.17) is 14.9 Å². The number of benzene rings is 2. The third-order valence-corrected chi connectivity index (χ3v) is 4.55. The number of rotatable bonds is 7. The topological polar surface area (TPSA) is 58.9 Å². The van der Waals surface area contributed by atoms with E-state index in [1.54, 1.807) is 0 Å². The van der Waals surface area contributed by atoms with Gasteiger partial charge in [0.25, 0.3) is 0 Å².